The van der Waals surface area contributed by atoms with Crippen molar-refractivity contribution in [2.45, 2.75) is 104 Å². The summed E-state index contributed by atoms with van der Waals surface area (Å²) in [6.45, 7) is 13.6. The van der Waals surface area contributed by atoms with Crippen molar-refractivity contribution in [3.63, 3.8) is 0 Å². The van der Waals surface area contributed by atoms with E-state index in [-0.39, 0.29) is 42.7 Å². The van der Waals surface area contributed by atoms with Gasteiger partial charge in [-0.15, -0.1) is 0 Å². The van der Waals surface area contributed by atoms with Gasteiger partial charge in [-0.2, -0.15) is 0 Å². The lowest BCUT2D eigenvalue weighted by atomic mass is 9.99. The van der Waals surface area contributed by atoms with Crippen molar-refractivity contribution in [2.24, 2.45) is 17.8 Å². The van der Waals surface area contributed by atoms with Crippen molar-refractivity contribution in [1.29, 1.82) is 0 Å². The fraction of sp³-hybridized carbons (Fsp3) is 0.786. The largest absolute Gasteiger partial charge is 0.468 e. The number of carbonyl (C=O) groups is 6. The number of methoxy groups -OCH3 is 1. The minimum Gasteiger partial charge on any atom is -0.468 e. The Labute approximate surface area is 247 Å². The molecule has 2 heterocycles. The van der Waals surface area contributed by atoms with Crippen LogP contribution in [0.25, 0.3) is 0 Å². The molecule has 2 saturated heterocycles. The Morgan fingerprint density at radius 2 is 1.45 bits per heavy atom. The summed E-state index contributed by atoms with van der Waals surface area (Å²) < 4.78 is 16.6. The number of amides is 5. The van der Waals surface area contributed by atoms with E-state index in [2.05, 4.69) is 26.0 Å². The first-order valence-corrected chi connectivity index (χ1v) is 14.4. The Bertz CT molecular complexity index is 1020. The standard InChI is InChI=1S/C28H47N5O9/c1-13(2)10-18-28-41-19(12-33(18)27(39)16(7)30-25(37)22(15(5)6)31-17(8)34)23(42-28)26(38)32-21(14(3)4)24(36)29-11-20(35)40-9/h13-16,18-19,21-23,28H,10-12H2,1-9H3,(H,29,36)(H,30,37)(H,31,34)(H,32,38)/t16-,18-,19-,21-,22-,23-,28-/m0/s1. The van der Waals surface area contributed by atoms with E-state index in [9.17, 15) is 28.8 Å². The quantitative estimate of drug-likeness (QED) is 0.203. The molecule has 7 atom stereocenters. The highest BCUT2D eigenvalue weighted by Gasteiger charge is 2.53. The summed E-state index contributed by atoms with van der Waals surface area (Å²) in [5, 5.41) is 10.5. The third-order valence-electron chi connectivity index (χ3n) is 7.19. The Hall–Kier alpha value is -3.26. The molecular formula is C28H47N5O9. The molecule has 42 heavy (non-hydrogen) atoms. The molecule has 5 amide bonds. The maximum atomic E-state index is 13.7. The van der Waals surface area contributed by atoms with Crippen LogP contribution in [0.2, 0.25) is 0 Å². The van der Waals surface area contributed by atoms with Crippen LogP contribution in [0.3, 0.4) is 0 Å². The Balaban J connectivity index is 2.18. The van der Waals surface area contributed by atoms with Gasteiger partial charge in [0, 0.05) is 6.92 Å². The Kier molecular flexibility index (Phi) is 12.7. The van der Waals surface area contributed by atoms with Crippen LogP contribution < -0.4 is 21.3 Å². The number of ether oxygens (including phenoxy) is 3. The van der Waals surface area contributed by atoms with E-state index in [1.165, 1.54) is 14.0 Å². The van der Waals surface area contributed by atoms with Gasteiger partial charge < -0.3 is 40.4 Å². The van der Waals surface area contributed by atoms with Crippen molar-refractivity contribution in [1.82, 2.24) is 26.2 Å². The summed E-state index contributed by atoms with van der Waals surface area (Å²) in [5.74, 6) is -3.31. The Morgan fingerprint density at radius 1 is 0.857 bits per heavy atom. The summed E-state index contributed by atoms with van der Waals surface area (Å²) in [6.07, 6.45) is -2.27. The summed E-state index contributed by atoms with van der Waals surface area (Å²) in [5.41, 5.74) is 0. The highest BCUT2D eigenvalue weighted by atomic mass is 16.7. The second-order valence-corrected chi connectivity index (χ2v) is 12.0. The molecule has 14 heteroatoms. The lowest BCUT2D eigenvalue weighted by Crippen LogP contribution is -2.61. The molecule has 0 aromatic rings. The van der Waals surface area contributed by atoms with Gasteiger partial charge in [0.1, 0.15) is 30.8 Å². The first kappa shape index (κ1) is 34.9. The topological polar surface area (TPSA) is 181 Å². The van der Waals surface area contributed by atoms with Crippen LogP contribution in [0, 0.1) is 17.8 Å². The molecule has 2 aliphatic heterocycles. The molecule has 2 bridgehead atoms. The first-order chi connectivity index (χ1) is 19.6. The smallest absolute Gasteiger partial charge is 0.325 e. The number of nitrogens with one attached hydrogen (secondary N) is 4. The number of nitrogens with zero attached hydrogens (tertiary/aromatic N) is 1. The van der Waals surface area contributed by atoms with Gasteiger partial charge in [0.2, 0.25) is 23.6 Å². The molecule has 2 aliphatic rings. The molecule has 2 fully saturated rings. The Morgan fingerprint density at radius 3 is 1.98 bits per heavy atom. The maximum Gasteiger partial charge on any atom is 0.325 e. The van der Waals surface area contributed by atoms with Crippen LogP contribution in [0.15, 0.2) is 0 Å². The van der Waals surface area contributed by atoms with E-state index in [4.69, 9.17) is 9.47 Å². The molecule has 238 valence electrons. The van der Waals surface area contributed by atoms with Crippen LogP contribution in [-0.2, 0) is 43.0 Å². The molecule has 0 aromatic carbocycles. The van der Waals surface area contributed by atoms with Gasteiger partial charge in [-0.3, -0.25) is 28.8 Å². The molecule has 2 rings (SSSR count). The SMILES string of the molecule is COC(=O)CNC(=O)[C@@H](NC(=O)[C@H]1O[C@@H]2O[C@H]1CN(C(=O)[C@H](C)NC(=O)[C@@H](NC(C)=O)C(C)C)[C@H]2CC(C)C)C(C)C. The molecule has 4 N–H and O–H groups in total. The number of fused-ring (bicyclic) bond motifs is 2. The van der Waals surface area contributed by atoms with E-state index < -0.39 is 66.4 Å². The number of hydrogen-bond donors (Lipinski definition) is 4. The summed E-state index contributed by atoms with van der Waals surface area (Å²) in [7, 11) is 1.20. The maximum absolute atomic E-state index is 13.7. The fourth-order valence-corrected chi connectivity index (χ4v) is 4.99. The first-order valence-electron chi connectivity index (χ1n) is 14.4. The van der Waals surface area contributed by atoms with Crippen LogP contribution in [0.1, 0.15) is 61.8 Å². The zero-order chi connectivity index (χ0) is 31.9. The van der Waals surface area contributed by atoms with Gasteiger partial charge in [-0.1, -0.05) is 41.5 Å². The number of morpholine rings is 1. The monoisotopic (exact) mass is 597 g/mol. The average molecular weight is 598 g/mol. The van der Waals surface area contributed by atoms with Crippen LogP contribution in [0.5, 0.6) is 0 Å². The van der Waals surface area contributed by atoms with Crippen molar-refractivity contribution >= 4 is 35.5 Å². The summed E-state index contributed by atoms with van der Waals surface area (Å²) in [6, 6.07) is -3.20. The van der Waals surface area contributed by atoms with E-state index in [1.54, 1.807) is 39.5 Å². The molecule has 0 radical (unpaired) electrons. The average Bonchev–Trinajstić information content (AvgIpc) is 3.26. The summed E-state index contributed by atoms with van der Waals surface area (Å²) in [4.78, 5) is 77.2. The number of esters is 1. The summed E-state index contributed by atoms with van der Waals surface area (Å²) >= 11 is 0. The zero-order valence-corrected chi connectivity index (χ0v) is 26.0. The van der Waals surface area contributed by atoms with Crippen LogP contribution in [0.4, 0.5) is 0 Å². The molecular weight excluding hydrogens is 550 g/mol. The second-order valence-electron chi connectivity index (χ2n) is 12.0. The zero-order valence-electron chi connectivity index (χ0n) is 26.0. The van der Waals surface area contributed by atoms with E-state index >= 15 is 0 Å². The van der Waals surface area contributed by atoms with Crippen LogP contribution in [-0.4, -0.2) is 103 Å². The lowest BCUT2D eigenvalue weighted by Gasteiger charge is -2.41. The van der Waals surface area contributed by atoms with E-state index in [0.717, 1.165) is 0 Å². The minimum absolute atomic E-state index is 0.0329. The normalized spacial score (nSPS) is 23.7. The predicted molar refractivity (Wildman–Crippen MR) is 150 cm³/mol. The molecule has 14 nitrogen and oxygen atoms in total. The molecule has 0 spiro atoms. The minimum atomic E-state index is -1.09. The third kappa shape index (κ3) is 9.12. The number of hydrogen-bond acceptors (Lipinski definition) is 9. The number of carbonyl (C=O) groups excluding carboxylic acids is 6. The van der Waals surface area contributed by atoms with Gasteiger partial charge in [0.25, 0.3) is 5.91 Å². The van der Waals surface area contributed by atoms with Gasteiger partial charge in [-0.05, 0) is 31.1 Å². The van der Waals surface area contributed by atoms with Crippen molar-refractivity contribution in [3.05, 3.63) is 0 Å². The van der Waals surface area contributed by atoms with Crippen molar-refractivity contribution < 1.29 is 43.0 Å². The molecule has 0 aliphatic carbocycles. The van der Waals surface area contributed by atoms with Crippen LogP contribution >= 0.6 is 0 Å². The predicted octanol–water partition coefficient (Wildman–Crippen LogP) is -0.551. The van der Waals surface area contributed by atoms with Gasteiger partial charge in [-0.25, -0.2) is 0 Å². The highest BCUT2D eigenvalue weighted by Crippen LogP contribution is 2.34. The lowest BCUT2D eigenvalue weighted by molar-refractivity contribution is -0.171. The van der Waals surface area contributed by atoms with E-state index in [1.807, 2.05) is 13.8 Å². The van der Waals surface area contributed by atoms with E-state index in [0.29, 0.717) is 6.42 Å². The highest BCUT2D eigenvalue weighted by molar-refractivity contribution is 5.93. The van der Waals surface area contributed by atoms with Gasteiger partial charge in [0.15, 0.2) is 12.4 Å². The fourth-order valence-electron chi connectivity index (χ4n) is 4.99. The third-order valence-corrected chi connectivity index (χ3v) is 7.19. The number of rotatable bonds is 13. The van der Waals surface area contributed by atoms with Gasteiger partial charge in [0.05, 0.1) is 19.7 Å². The van der Waals surface area contributed by atoms with Crippen molar-refractivity contribution in [3.8, 4) is 0 Å². The second kappa shape index (κ2) is 15.3. The molecule has 0 unspecified atom stereocenters. The van der Waals surface area contributed by atoms with Crippen molar-refractivity contribution in [2.75, 3.05) is 20.2 Å². The molecule has 0 aromatic heterocycles. The van der Waals surface area contributed by atoms with Gasteiger partial charge >= 0.3 is 5.97 Å². The molecule has 0 saturated carbocycles.